The SMILES string of the molecule is COc1cc(CNc2ccnc3c(F)ccc(F)c23)ccc1OC(F)F. The van der Waals surface area contributed by atoms with Gasteiger partial charge in [0.25, 0.3) is 0 Å². The van der Waals surface area contributed by atoms with Crippen molar-refractivity contribution in [1.29, 1.82) is 0 Å². The summed E-state index contributed by atoms with van der Waals surface area (Å²) in [7, 11) is 1.33. The van der Waals surface area contributed by atoms with Crippen LogP contribution < -0.4 is 14.8 Å². The molecule has 0 radical (unpaired) electrons. The van der Waals surface area contributed by atoms with Crippen molar-refractivity contribution in [3.63, 3.8) is 0 Å². The molecule has 0 fully saturated rings. The van der Waals surface area contributed by atoms with E-state index in [4.69, 9.17) is 4.74 Å². The van der Waals surface area contributed by atoms with E-state index in [0.29, 0.717) is 11.3 Å². The summed E-state index contributed by atoms with van der Waals surface area (Å²) in [5, 5.41) is 3.03. The number of nitrogens with one attached hydrogen (secondary N) is 1. The second kappa shape index (κ2) is 7.47. The first-order chi connectivity index (χ1) is 12.5. The third-order valence-corrected chi connectivity index (χ3v) is 3.72. The van der Waals surface area contributed by atoms with Crippen LogP contribution in [0.2, 0.25) is 0 Å². The molecular weight excluding hydrogens is 352 g/mol. The minimum absolute atomic E-state index is 0.0390. The van der Waals surface area contributed by atoms with Crippen LogP contribution in [0.5, 0.6) is 11.5 Å². The number of aromatic nitrogens is 1. The van der Waals surface area contributed by atoms with Crippen LogP contribution in [0.25, 0.3) is 10.9 Å². The maximum atomic E-state index is 14.1. The van der Waals surface area contributed by atoms with E-state index in [1.165, 1.54) is 31.5 Å². The largest absolute Gasteiger partial charge is 0.493 e. The summed E-state index contributed by atoms with van der Waals surface area (Å²) in [5.74, 6) is -1.18. The van der Waals surface area contributed by atoms with E-state index in [0.717, 1.165) is 12.1 Å². The number of anilines is 1. The average molecular weight is 366 g/mol. The van der Waals surface area contributed by atoms with E-state index in [9.17, 15) is 17.6 Å². The third kappa shape index (κ3) is 3.63. The Bertz CT molecular complexity index is 934. The fourth-order valence-electron chi connectivity index (χ4n) is 2.55. The highest BCUT2D eigenvalue weighted by molar-refractivity contribution is 5.91. The van der Waals surface area contributed by atoms with Crippen molar-refractivity contribution in [2.24, 2.45) is 0 Å². The van der Waals surface area contributed by atoms with Crippen LogP contribution in [0.4, 0.5) is 23.2 Å². The lowest BCUT2D eigenvalue weighted by atomic mass is 10.1. The van der Waals surface area contributed by atoms with Crippen LogP contribution in [0.3, 0.4) is 0 Å². The summed E-state index contributed by atoms with van der Waals surface area (Å²) in [6.45, 7) is -2.74. The summed E-state index contributed by atoms with van der Waals surface area (Å²) in [6, 6.07) is 8.01. The molecule has 0 unspecified atom stereocenters. The molecular formula is C18H14F4N2O2. The van der Waals surface area contributed by atoms with Gasteiger partial charge in [0.1, 0.15) is 17.2 Å². The van der Waals surface area contributed by atoms with Gasteiger partial charge >= 0.3 is 6.61 Å². The number of methoxy groups -OCH3 is 1. The molecule has 136 valence electrons. The maximum absolute atomic E-state index is 14.1. The molecule has 0 saturated carbocycles. The van der Waals surface area contributed by atoms with Gasteiger partial charge in [-0.3, -0.25) is 4.98 Å². The Hall–Kier alpha value is -3.03. The van der Waals surface area contributed by atoms with E-state index in [1.807, 2.05) is 0 Å². The maximum Gasteiger partial charge on any atom is 0.387 e. The first-order valence-corrected chi connectivity index (χ1v) is 7.58. The van der Waals surface area contributed by atoms with Crippen LogP contribution in [0, 0.1) is 11.6 Å². The number of rotatable bonds is 6. The van der Waals surface area contributed by atoms with Gasteiger partial charge in [-0.05, 0) is 35.9 Å². The van der Waals surface area contributed by atoms with Crippen molar-refractivity contribution in [1.82, 2.24) is 4.98 Å². The minimum atomic E-state index is -2.96. The van der Waals surface area contributed by atoms with E-state index in [1.54, 1.807) is 6.07 Å². The van der Waals surface area contributed by atoms with E-state index >= 15 is 0 Å². The Morgan fingerprint density at radius 1 is 1.04 bits per heavy atom. The molecule has 0 bridgehead atoms. The molecule has 0 spiro atoms. The van der Waals surface area contributed by atoms with Crippen LogP contribution in [0.15, 0.2) is 42.6 Å². The first-order valence-electron chi connectivity index (χ1n) is 7.58. The smallest absolute Gasteiger partial charge is 0.387 e. The fourth-order valence-corrected chi connectivity index (χ4v) is 2.55. The molecule has 4 nitrogen and oxygen atoms in total. The number of halogens is 4. The summed E-state index contributed by atoms with van der Waals surface area (Å²) in [6.07, 6.45) is 1.37. The number of benzene rings is 2. The first kappa shape index (κ1) is 17.8. The normalized spacial score (nSPS) is 11.0. The number of alkyl halides is 2. The van der Waals surface area contributed by atoms with Gasteiger partial charge in [-0.1, -0.05) is 6.07 Å². The topological polar surface area (TPSA) is 43.4 Å². The van der Waals surface area contributed by atoms with Crippen molar-refractivity contribution in [3.8, 4) is 11.5 Å². The Balaban J connectivity index is 1.86. The standard InChI is InChI=1S/C18H14F4N2O2/c1-25-15-8-10(2-5-14(15)26-18(21)22)9-24-13-6-7-23-17-12(20)4-3-11(19)16(13)17/h2-8,18H,9H2,1H3,(H,23,24). The second-order valence-corrected chi connectivity index (χ2v) is 5.33. The molecule has 3 aromatic rings. The van der Waals surface area contributed by atoms with Crippen LogP contribution in [0.1, 0.15) is 5.56 Å². The summed E-state index contributed by atoms with van der Waals surface area (Å²) in [5.41, 5.74) is 0.956. The number of ether oxygens (including phenoxy) is 2. The Labute approximate surface area is 146 Å². The van der Waals surface area contributed by atoms with Gasteiger partial charge in [0.2, 0.25) is 0 Å². The predicted molar refractivity (Wildman–Crippen MR) is 88.6 cm³/mol. The number of fused-ring (bicyclic) bond motifs is 1. The van der Waals surface area contributed by atoms with Crippen molar-refractivity contribution >= 4 is 16.6 Å². The highest BCUT2D eigenvalue weighted by atomic mass is 19.3. The van der Waals surface area contributed by atoms with Gasteiger partial charge in [0.15, 0.2) is 11.5 Å². The molecule has 0 amide bonds. The zero-order chi connectivity index (χ0) is 18.7. The second-order valence-electron chi connectivity index (χ2n) is 5.33. The van der Waals surface area contributed by atoms with Gasteiger partial charge in [0, 0.05) is 18.4 Å². The summed E-state index contributed by atoms with van der Waals surface area (Å²) in [4.78, 5) is 3.86. The fraction of sp³-hybridized carbons (Fsp3) is 0.167. The van der Waals surface area contributed by atoms with Crippen molar-refractivity contribution in [3.05, 3.63) is 59.8 Å². The molecule has 1 N–H and O–H groups in total. The van der Waals surface area contributed by atoms with E-state index in [-0.39, 0.29) is 28.9 Å². The molecule has 1 heterocycles. The number of pyridine rings is 1. The zero-order valence-corrected chi connectivity index (χ0v) is 13.6. The highest BCUT2D eigenvalue weighted by Gasteiger charge is 2.13. The number of hydrogen-bond acceptors (Lipinski definition) is 4. The van der Waals surface area contributed by atoms with Crippen molar-refractivity contribution < 1.29 is 27.0 Å². The Morgan fingerprint density at radius 2 is 1.81 bits per heavy atom. The molecule has 0 saturated heterocycles. The molecule has 0 aliphatic carbocycles. The molecule has 0 atom stereocenters. The zero-order valence-electron chi connectivity index (χ0n) is 13.6. The van der Waals surface area contributed by atoms with Crippen molar-refractivity contribution in [2.45, 2.75) is 13.2 Å². The predicted octanol–water partition coefficient (Wildman–Crippen LogP) is 4.74. The molecule has 8 heteroatoms. The lowest BCUT2D eigenvalue weighted by Crippen LogP contribution is -2.05. The van der Waals surface area contributed by atoms with Gasteiger partial charge in [-0.15, -0.1) is 0 Å². The molecule has 2 aromatic carbocycles. The Morgan fingerprint density at radius 3 is 2.54 bits per heavy atom. The summed E-state index contributed by atoms with van der Waals surface area (Å²) < 4.78 is 62.0. The minimum Gasteiger partial charge on any atom is -0.493 e. The third-order valence-electron chi connectivity index (χ3n) is 3.72. The molecule has 26 heavy (non-hydrogen) atoms. The van der Waals surface area contributed by atoms with Gasteiger partial charge < -0.3 is 14.8 Å². The van der Waals surface area contributed by atoms with E-state index < -0.39 is 18.2 Å². The average Bonchev–Trinajstić information content (AvgIpc) is 2.63. The van der Waals surface area contributed by atoms with E-state index in [2.05, 4.69) is 15.0 Å². The van der Waals surface area contributed by atoms with Crippen LogP contribution >= 0.6 is 0 Å². The van der Waals surface area contributed by atoms with Gasteiger partial charge in [-0.25, -0.2) is 8.78 Å². The summed E-state index contributed by atoms with van der Waals surface area (Å²) >= 11 is 0. The molecule has 1 aromatic heterocycles. The van der Waals surface area contributed by atoms with Crippen molar-refractivity contribution in [2.75, 3.05) is 12.4 Å². The monoisotopic (exact) mass is 366 g/mol. The van der Waals surface area contributed by atoms with Gasteiger partial charge in [0.05, 0.1) is 12.5 Å². The van der Waals surface area contributed by atoms with Crippen LogP contribution in [-0.4, -0.2) is 18.7 Å². The quantitative estimate of drug-likeness (QED) is 0.640. The lowest BCUT2D eigenvalue weighted by Gasteiger charge is -2.13. The Kier molecular flexibility index (Phi) is 5.11. The highest BCUT2D eigenvalue weighted by Crippen LogP contribution is 2.31. The lowest BCUT2D eigenvalue weighted by molar-refractivity contribution is -0.0512. The molecule has 3 rings (SSSR count). The van der Waals surface area contributed by atoms with Crippen LogP contribution in [-0.2, 0) is 6.54 Å². The molecule has 0 aliphatic heterocycles. The number of nitrogens with zero attached hydrogens (tertiary/aromatic N) is 1. The molecule has 0 aliphatic rings. The number of hydrogen-bond donors (Lipinski definition) is 1. The van der Waals surface area contributed by atoms with Gasteiger partial charge in [-0.2, -0.15) is 8.78 Å².